The van der Waals surface area contributed by atoms with Crippen molar-refractivity contribution in [1.29, 1.82) is 0 Å². The number of pyridine rings is 1. The van der Waals surface area contributed by atoms with Gasteiger partial charge in [-0.25, -0.2) is 4.39 Å². The SMILES string of the molecule is CO/N=C1/CN(c2cc3c(cc2F)c(=O)c2c(=O)[nH]sc2n3C2CC2)CC1C1(N)CC1. The van der Waals surface area contributed by atoms with Crippen LogP contribution < -0.4 is 21.6 Å². The van der Waals surface area contributed by atoms with Crippen LogP contribution >= 0.6 is 11.5 Å². The molecule has 0 radical (unpaired) electrons. The zero-order chi connectivity index (χ0) is 21.5. The van der Waals surface area contributed by atoms with E-state index in [9.17, 15) is 9.59 Å². The van der Waals surface area contributed by atoms with Gasteiger partial charge in [0.25, 0.3) is 5.56 Å². The number of aromatic amines is 1. The van der Waals surface area contributed by atoms with E-state index in [1.54, 1.807) is 6.07 Å². The molecule has 0 spiro atoms. The number of nitrogens with two attached hydrogens (primary N) is 1. The number of hydrogen-bond acceptors (Lipinski definition) is 7. The van der Waals surface area contributed by atoms with Gasteiger partial charge in [-0.05, 0) is 49.3 Å². The third kappa shape index (κ3) is 2.77. The van der Waals surface area contributed by atoms with Gasteiger partial charge in [-0.15, -0.1) is 0 Å². The summed E-state index contributed by atoms with van der Waals surface area (Å²) in [5, 5.41) is 4.53. The molecule has 0 bridgehead atoms. The second-order valence-corrected chi connectivity index (χ2v) is 9.69. The number of nitrogens with one attached hydrogen (secondary N) is 1. The topological polar surface area (TPSA) is 106 Å². The quantitative estimate of drug-likeness (QED) is 0.602. The van der Waals surface area contributed by atoms with Crippen molar-refractivity contribution in [2.24, 2.45) is 16.8 Å². The first-order valence-corrected chi connectivity index (χ1v) is 11.3. The molecule has 3 N–H and O–H groups in total. The average molecular weight is 444 g/mol. The molecule has 162 valence electrons. The second-order valence-electron chi connectivity index (χ2n) is 8.90. The van der Waals surface area contributed by atoms with Crippen molar-refractivity contribution in [2.45, 2.75) is 37.3 Å². The van der Waals surface area contributed by atoms with E-state index in [1.807, 2.05) is 9.47 Å². The summed E-state index contributed by atoms with van der Waals surface area (Å²) in [6.07, 6.45) is 3.77. The Morgan fingerprint density at radius 3 is 2.77 bits per heavy atom. The second kappa shape index (κ2) is 6.39. The lowest BCUT2D eigenvalue weighted by molar-refractivity contribution is 0.210. The fraction of sp³-hybridized carbons (Fsp3) is 0.476. The molecule has 1 atom stereocenters. The molecule has 2 aromatic heterocycles. The highest BCUT2D eigenvalue weighted by atomic mass is 32.1. The Balaban J connectivity index is 1.54. The first-order valence-electron chi connectivity index (χ1n) is 10.4. The lowest BCUT2D eigenvalue weighted by Crippen LogP contribution is -2.38. The van der Waals surface area contributed by atoms with Crippen LogP contribution in [0.3, 0.4) is 0 Å². The number of benzene rings is 1. The molecule has 3 fully saturated rings. The number of hydrogen-bond donors (Lipinski definition) is 2. The summed E-state index contributed by atoms with van der Waals surface area (Å²) >= 11 is 1.17. The van der Waals surface area contributed by atoms with Crippen molar-refractivity contribution in [3.63, 3.8) is 0 Å². The molecule has 31 heavy (non-hydrogen) atoms. The normalized spacial score (nSPS) is 23.9. The zero-order valence-corrected chi connectivity index (χ0v) is 17.8. The Morgan fingerprint density at radius 2 is 2.10 bits per heavy atom. The maximum absolute atomic E-state index is 15.3. The van der Waals surface area contributed by atoms with Gasteiger partial charge in [0.15, 0.2) is 0 Å². The molecule has 3 aliphatic rings. The van der Waals surface area contributed by atoms with Gasteiger partial charge in [-0.1, -0.05) is 5.16 Å². The van der Waals surface area contributed by atoms with E-state index in [-0.39, 0.29) is 28.3 Å². The number of oxime groups is 1. The smallest absolute Gasteiger partial charge is 0.271 e. The summed E-state index contributed by atoms with van der Waals surface area (Å²) < 4.78 is 20.0. The van der Waals surface area contributed by atoms with Crippen LogP contribution in [0, 0.1) is 11.7 Å². The Morgan fingerprint density at radius 1 is 1.32 bits per heavy atom. The van der Waals surface area contributed by atoms with Gasteiger partial charge in [-0.2, -0.15) is 0 Å². The third-order valence-corrected chi connectivity index (χ3v) is 7.72. The van der Waals surface area contributed by atoms with Crippen LogP contribution in [-0.2, 0) is 4.84 Å². The number of rotatable bonds is 4. The number of aromatic nitrogens is 2. The first-order chi connectivity index (χ1) is 14.9. The van der Waals surface area contributed by atoms with Gasteiger partial charge >= 0.3 is 0 Å². The minimum atomic E-state index is -0.489. The highest BCUT2D eigenvalue weighted by Crippen LogP contribution is 2.45. The van der Waals surface area contributed by atoms with Gasteiger partial charge in [-0.3, -0.25) is 14.0 Å². The lowest BCUT2D eigenvalue weighted by atomic mass is 9.96. The van der Waals surface area contributed by atoms with Gasteiger partial charge in [0, 0.05) is 29.4 Å². The molecule has 3 aromatic rings. The van der Waals surface area contributed by atoms with Gasteiger partial charge in [0.1, 0.15) is 23.1 Å². The zero-order valence-electron chi connectivity index (χ0n) is 17.0. The molecule has 0 amide bonds. The summed E-state index contributed by atoms with van der Waals surface area (Å²) in [4.78, 5) is 32.8. The van der Waals surface area contributed by atoms with Crippen LogP contribution in [0.4, 0.5) is 10.1 Å². The molecule has 8 nitrogen and oxygen atoms in total. The van der Waals surface area contributed by atoms with E-state index in [0.717, 1.165) is 31.4 Å². The molecular weight excluding hydrogens is 421 g/mol. The van der Waals surface area contributed by atoms with Crippen LogP contribution in [0.2, 0.25) is 0 Å². The van der Waals surface area contributed by atoms with Gasteiger partial charge in [0.2, 0.25) is 5.43 Å². The van der Waals surface area contributed by atoms with Crippen molar-refractivity contribution in [3.05, 3.63) is 38.5 Å². The number of halogens is 1. The average Bonchev–Trinajstić information content (AvgIpc) is 3.64. The summed E-state index contributed by atoms with van der Waals surface area (Å²) in [5.74, 6) is -0.484. The van der Waals surface area contributed by atoms with Crippen LogP contribution in [-0.4, -0.2) is 40.4 Å². The first kappa shape index (κ1) is 19.0. The van der Waals surface area contributed by atoms with E-state index in [1.165, 1.54) is 24.7 Å². The van der Waals surface area contributed by atoms with Crippen LogP contribution in [0.15, 0.2) is 26.9 Å². The van der Waals surface area contributed by atoms with Crippen molar-refractivity contribution < 1.29 is 9.23 Å². The van der Waals surface area contributed by atoms with Crippen molar-refractivity contribution in [1.82, 2.24) is 8.94 Å². The minimum Gasteiger partial charge on any atom is -0.399 e. The van der Waals surface area contributed by atoms with Gasteiger partial charge in [0.05, 0.1) is 23.5 Å². The monoisotopic (exact) mass is 443 g/mol. The van der Waals surface area contributed by atoms with Crippen LogP contribution in [0.25, 0.3) is 21.1 Å². The molecule has 1 aliphatic heterocycles. The fourth-order valence-corrected chi connectivity index (χ4v) is 5.80. The Hall–Kier alpha value is -2.72. The number of anilines is 1. The standard InChI is InChI=1S/C21H22FN5O3S/c1-30-24-14-9-26(8-12(14)21(23)4-5-21)16-7-15-11(6-13(16)22)18(28)17-19(29)25-31-20(17)27(15)10-2-3-10/h6-7,10,12H,2-5,8-9,23H2,1H3,(H,25,29)/b24-14-. The van der Waals surface area contributed by atoms with E-state index >= 15 is 4.39 Å². The van der Waals surface area contributed by atoms with E-state index < -0.39 is 16.8 Å². The third-order valence-electron chi connectivity index (χ3n) is 6.84. The molecule has 3 heterocycles. The number of fused-ring (bicyclic) bond motifs is 2. The predicted molar refractivity (Wildman–Crippen MR) is 119 cm³/mol. The minimum absolute atomic E-state index is 0.00516. The molecule has 1 unspecified atom stereocenters. The summed E-state index contributed by atoms with van der Waals surface area (Å²) in [6.45, 7) is 0.974. The van der Waals surface area contributed by atoms with Crippen molar-refractivity contribution in [3.8, 4) is 0 Å². The molecule has 2 saturated carbocycles. The van der Waals surface area contributed by atoms with E-state index in [0.29, 0.717) is 29.1 Å². The number of nitrogens with zero attached hydrogens (tertiary/aromatic N) is 3. The van der Waals surface area contributed by atoms with Crippen molar-refractivity contribution >= 4 is 44.1 Å². The maximum Gasteiger partial charge on any atom is 0.271 e. The van der Waals surface area contributed by atoms with Crippen LogP contribution in [0.5, 0.6) is 0 Å². The molecule has 2 aliphatic carbocycles. The highest BCUT2D eigenvalue weighted by Gasteiger charge is 2.51. The number of H-pyrrole nitrogens is 1. The Kier molecular flexibility index (Phi) is 3.92. The molecule has 10 heteroatoms. The summed E-state index contributed by atoms with van der Waals surface area (Å²) in [7, 11) is 1.50. The molecule has 1 aromatic carbocycles. The van der Waals surface area contributed by atoms with E-state index in [2.05, 4.69) is 9.53 Å². The van der Waals surface area contributed by atoms with Crippen LogP contribution in [0.1, 0.15) is 31.7 Å². The molecule has 6 rings (SSSR count). The van der Waals surface area contributed by atoms with Gasteiger partial charge < -0.3 is 20.0 Å². The summed E-state index contributed by atoms with van der Waals surface area (Å²) in [6, 6.07) is 3.24. The highest BCUT2D eigenvalue weighted by molar-refractivity contribution is 7.12. The molecular formula is C21H22FN5O3S. The fourth-order valence-electron chi connectivity index (χ4n) is 4.87. The van der Waals surface area contributed by atoms with E-state index in [4.69, 9.17) is 10.6 Å². The molecule has 1 saturated heterocycles. The largest absolute Gasteiger partial charge is 0.399 e. The maximum atomic E-state index is 15.3. The van der Waals surface area contributed by atoms with Crippen molar-refractivity contribution in [2.75, 3.05) is 25.1 Å². The Bertz CT molecular complexity index is 1380. The summed E-state index contributed by atoms with van der Waals surface area (Å²) in [5.41, 5.74) is 7.22. The lowest BCUT2D eigenvalue weighted by Gasteiger charge is -2.22. The Labute approximate surface area is 180 Å². The predicted octanol–water partition coefficient (Wildman–Crippen LogP) is 2.31.